The average molecular weight is 218 g/mol. The predicted molar refractivity (Wildman–Crippen MR) is 56.6 cm³/mol. The van der Waals surface area contributed by atoms with Crippen LogP contribution in [-0.2, 0) is 4.79 Å². The lowest BCUT2D eigenvalue weighted by atomic mass is 10.2. The molecule has 0 saturated heterocycles. The summed E-state index contributed by atoms with van der Waals surface area (Å²) in [5.41, 5.74) is 0.603. The van der Waals surface area contributed by atoms with E-state index in [1.165, 1.54) is 0 Å². The molecule has 0 fully saturated rings. The van der Waals surface area contributed by atoms with Gasteiger partial charge in [0.05, 0.1) is 13.2 Å². The SMILES string of the molecule is O=C(O)C#Cc1ccc2c(c1)OCCCO2. The van der Waals surface area contributed by atoms with Crippen molar-refractivity contribution < 1.29 is 19.4 Å². The average Bonchev–Trinajstić information content (AvgIpc) is 2.50. The molecule has 0 amide bonds. The minimum absolute atomic E-state index is 0.600. The molecule has 16 heavy (non-hydrogen) atoms. The highest BCUT2D eigenvalue weighted by molar-refractivity contribution is 5.87. The summed E-state index contributed by atoms with van der Waals surface area (Å²) >= 11 is 0. The normalized spacial score (nSPS) is 13.2. The summed E-state index contributed by atoms with van der Waals surface area (Å²) in [6, 6.07) is 5.15. The molecule has 0 aliphatic carbocycles. The molecule has 0 bridgehead atoms. The molecule has 0 aromatic heterocycles. The number of carbonyl (C=O) groups is 1. The van der Waals surface area contributed by atoms with Gasteiger partial charge in [-0.1, -0.05) is 5.92 Å². The minimum Gasteiger partial charge on any atom is -0.490 e. The molecule has 4 heteroatoms. The lowest BCUT2D eigenvalue weighted by Gasteiger charge is -2.06. The summed E-state index contributed by atoms with van der Waals surface area (Å²) in [6.45, 7) is 1.23. The summed E-state index contributed by atoms with van der Waals surface area (Å²) in [5.74, 6) is 4.74. The largest absolute Gasteiger partial charge is 0.490 e. The summed E-state index contributed by atoms with van der Waals surface area (Å²) in [7, 11) is 0. The first-order valence-electron chi connectivity index (χ1n) is 4.90. The molecular weight excluding hydrogens is 208 g/mol. The Morgan fingerprint density at radius 2 is 2.00 bits per heavy atom. The maximum Gasteiger partial charge on any atom is 0.382 e. The highest BCUT2D eigenvalue weighted by Gasteiger charge is 2.09. The van der Waals surface area contributed by atoms with Crippen LogP contribution in [0.15, 0.2) is 18.2 Å². The van der Waals surface area contributed by atoms with Gasteiger partial charge >= 0.3 is 5.97 Å². The van der Waals surface area contributed by atoms with Gasteiger partial charge in [0.1, 0.15) is 0 Å². The maximum absolute atomic E-state index is 10.3. The molecule has 0 atom stereocenters. The Hall–Kier alpha value is -2.15. The standard InChI is InChI=1S/C12H10O4/c13-12(14)5-3-9-2-4-10-11(8-9)16-7-1-6-15-10/h2,4,8H,1,6-7H2,(H,13,14). The van der Waals surface area contributed by atoms with Crippen molar-refractivity contribution in [3.8, 4) is 23.3 Å². The number of hydrogen-bond donors (Lipinski definition) is 1. The van der Waals surface area contributed by atoms with Crippen LogP contribution in [0.3, 0.4) is 0 Å². The zero-order valence-electron chi connectivity index (χ0n) is 8.53. The lowest BCUT2D eigenvalue weighted by Crippen LogP contribution is -1.97. The zero-order valence-corrected chi connectivity index (χ0v) is 8.53. The van der Waals surface area contributed by atoms with Crippen molar-refractivity contribution >= 4 is 5.97 Å². The molecule has 1 aromatic carbocycles. The molecule has 0 unspecified atom stereocenters. The van der Waals surface area contributed by atoms with E-state index in [2.05, 4.69) is 11.8 Å². The molecule has 1 N–H and O–H groups in total. The van der Waals surface area contributed by atoms with E-state index in [0.29, 0.717) is 30.3 Å². The summed E-state index contributed by atoms with van der Waals surface area (Å²) in [5, 5.41) is 8.43. The van der Waals surface area contributed by atoms with Gasteiger partial charge in [-0.15, -0.1) is 0 Å². The third kappa shape index (κ3) is 2.45. The topological polar surface area (TPSA) is 55.8 Å². The van der Waals surface area contributed by atoms with Gasteiger partial charge < -0.3 is 14.6 Å². The predicted octanol–water partition coefficient (Wildman–Crippen LogP) is 1.28. The zero-order chi connectivity index (χ0) is 11.4. The van der Waals surface area contributed by atoms with Gasteiger partial charge in [0.15, 0.2) is 11.5 Å². The molecule has 1 heterocycles. The number of hydrogen-bond acceptors (Lipinski definition) is 3. The second-order valence-electron chi connectivity index (χ2n) is 3.27. The highest BCUT2D eigenvalue weighted by atomic mass is 16.5. The summed E-state index contributed by atoms with van der Waals surface area (Å²) < 4.78 is 10.9. The van der Waals surface area contributed by atoms with Crippen LogP contribution >= 0.6 is 0 Å². The van der Waals surface area contributed by atoms with Crippen molar-refractivity contribution in [2.45, 2.75) is 6.42 Å². The first kappa shape index (κ1) is 10.4. The smallest absolute Gasteiger partial charge is 0.382 e. The number of rotatable bonds is 0. The molecule has 0 spiro atoms. The van der Waals surface area contributed by atoms with Gasteiger partial charge in [-0.3, -0.25) is 0 Å². The molecule has 82 valence electrons. The van der Waals surface area contributed by atoms with E-state index in [0.717, 1.165) is 6.42 Å². The van der Waals surface area contributed by atoms with E-state index in [9.17, 15) is 4.79 Å². The number of carboxylic acids is 1. The van der Waals surface area contributed by atoms with Gasteiger partial charge in [0.2, 0.25) is 0 Å². The molecule has 1 aliphatic rings. The molecular formula is C12H10O4. The third-order valence-electron chi connectivity index (χ3n) is 2.06. The van der Waals surface area contributed by atoms with Crippen LogP contribution in [-0.4, -0.2) is 24.3 Å². The number of aliphatic carboxylic acids is 1. The van der Waals surface area contributed by atoms with Gasteiger partial charge in [0, 0.05) is 17.9 Å². The molecule has 1 aromatic rings. The van der Waals surface area contributed by atoms with Crippen molar-refractivity contribution in [2.75, 3.05) is 13.2 Å². The van der Waals surface area contributed by atoms with E-state index in [1.54, 1.807) is 18.2 Å². The Morgan fingerprint density at radius 1 is 1.25 bits per heavy atom. The van der Waals surface area contributed by atoms with Gasteiger partial charge in [-0.25, -0.2) is 4.79 Å². The van der Waals surface area contributed by atoms with Crippen LogP contribution in [0.4, 0.5) is 0 Å². The Kier molecular flexibility index (Phi) is 2.97. The quantitative estimate of drug-likeness (QED) is 0.666. The second-order valence-corrected chi connectivity index (χ2v) is 3.27. The Balaban J connectivity index is 2.28. The first-order valence-corrected chi connectivity index (χ1v) is 4.90. The Morgan fingerprint density at radius 3 is 2.75 bits per heavy atom. The van der Waals surface area contributed by atoms with Crippen molar-refractivity contribution in [3.63, 3.8) is 0 Å². The molecule has 0 saturated carbocycles. The molecule has 4 nitrogen and oxygen atoms in total. The van der Waals surface area contributed by atoms with Crippen LogP contribution < -0.4 is 9.47 Å². The molecule has 2 rings (SSSR count). The van der Waals surface area contributed by atoms with Crippen molar-refractivity contribution in [3.05, 3.63) is 23.8 Å². The number of benzene rings is 1. The van der Waals surface area contributed by atoms with Crippen LogP contribution in [0, 0.1) is 11.8 Å². The fourth-order valence-electron chi connectivity index (χ4n) is 1.37. The third-order valence-corrected chi connectivity index (χ3v) is 2.06. The van der Waals surface area contributed by atoms with Crippen LogP contribution in [0.1, 0.15) is 12.0 Å². The highest BCUT2D eigenvalue weighted by Crippen LogP contribution is 2.29. The van der Waals surface area contributed by atoms with E-state index in [4.69, 9.17) is 14.6 Å². The van der Waals surface area contributed by atoms with Crippen LogP contribution in [0.5, 0.6) is 11.5 Å². The summed E-state index contributed by atoms with van der Waals surface area (Å²) in [6.07, 6.45) is 0.838. The van der Waals surface area contributed by atoms with E-state index in [1.807, 2.05) is 0 Å². The fourth-order valence-corrected chi connectivity index (χ4v) is 1.37. The summed E-state index contributed by atoms with van der Waals surface area (Å²) in [4.78, 5) is 10.3. The Bertz CT molecular complexity index is 468. The monoisotopic (exact) mass is 218 g/mol. The maximum atomic E-state index is 10.3. The number of ether oxygens (including phenoxy) is 2. The number of carboxylic acid groups (broad SMARTS) is 1. The minimum atomic E-state index is -1.15. The van der Waals surface area contributed by atoms with E-state index >= 15 is 0 Å². The van der Waals surface area contributed by atoms with E-state index in [-0.39, 0.29) is 0 Å². The molecule has 1 aliphatic heterocycles. The molecule has 0 radical (unpaired) electrons. The van der Waals surface area contributed by atoms with Gasteiger partial charge in [-0.2, -0.15) is 0 Å². The van der Waals surface area contributed by atoms with Crippen LogP contribution in [0.2, 0.25) is 0 Å². The Labute approximate surface area is 92.8 Å². The van der Waals surface area contributed by atoms with Crippen molar-refractivity contribution in [1.82, 2.24) is 0 Å². The first-order chi connectivity index (χ1) is 7.75. The second kappa shape index (κ2) is 4.58. The van der Waals surface area contributed by atoms with Crippen molar-refractivity contribution in [2.24, 2.45) is 0 Å². The van der Waals surface area contributed by atoms with Crippen LogP contribution in [0.25, 0.3) is 0 Å². The lowest BCUT2D eigenvalue weighted by molar-refractivity contribution is -0.130. The van der Waals surface area contributed by atoms with Crippen molar-refractivity contribution in [1.29, 1.82) is 0 Å². The van der Waals surface area contributed by atoms with E-state index < -0.39 is 5.97 Å². The van der Waals surface area contributed by atoms with Gasteiger partial charge in [0.25, 0.3) is 0 Å². The fraction of sp³-hybridized carbons (Fsp3) is 0.250. The number of fused-ring (bicyclic) bond motifs is 1. The van der Waals surface area contributed by atoms with Gasteiger partial charge in [-0.05, 0) is 18.2 Å².